The number of likely N-dealkylation sites (N-methyl/N-ethyl adjacent to an activating group) is 1. The van der Waals surface area contributed by atoms with Crippen LogP contribution in [0.15, 0.2) is 30.3 Å². The molecule has 2 atom stereocenters. The van der Waals surface area contributed by atoms with Gasteiger partial charge in [0.05, 0.1) is 12.7 Å². The number of benzene rings is 1. The van der Waals surface area contributed by atoms with E-state index in [1.54, 1.807) is 0 Å². The number of nitrogens with zero attached hydrogens (tertiary/aromatic N) is 1. The van der Waals surface area contributed by atoms with Crippen LogP contribution >= 0.6 is 0 Å². The van der Waals surface area contributed by atoms with Gasteiger partial charge < -0.3 is 15.1 Å². The molecule has 3 heteroatoms. The first-order valence-electron chi connectivity index (χ1n) is 5.67. The summed E-state index contributed by atoms with van der Waals surface area (Å²) in [6, 6.07) is 9.69. The molecule has 0 aliphatic carbocycles. The first-order valence-corrected chi connectivity index (χ1v) is 5.67. The summed E-state index contributed by atoms with van der Waals surface area (Å²) >= 11 is 0. The topological polar surface area (TPSA) is 43.7 Å². The minimum atomic E-state index is -0.442. The highest BCUT2D eigenvalue weighted by atomic mass is 16.3. The summed E-state index contributed by atoms with van der Waals surface area (Å²) in [6.07, 6.45) is -0.442. The summed E-state index contributed by atoms with van der Waals surface area (Å²) in [6.45, 7) is 3.60. The van der Waals surface area contributed by atoms with E-state index in [0.29, 0.717) is 6.54 Å². The van der Waals surface area contributed by atoms with Gasteiger partial charge in [0.1, 0.15) is 0 Å². The lowest BCUT2D eigenvalue weighted by molar-refractivity contribution is 0.0898. The van der Waals surface area contributed by atoms with Crippen molar-refractivity contribution in [3.8, 4) is 0 Å². The third-order valence-corrected chi connectivity index (χ3v) is 2.76. The molecule has 0 bridgehead atoms. The Morgan fingerprint density at radius 1 is 1.25 bits per heavy atom. The van der Waals surface area contributed by atoms with Gasteiger partial charge in [-0.3, -0.25) is 0 Å². The predicted octanol–water partition coefficient (Wildman–Crippen LogP) is 1.28. The Bertz CT molecular complexity index is 289. The maximum absolute atomic E-state index is 10.1. The molecule has 0 aliphatic rings. The SMILES string of the molecule is CC(CN(C)CCO)C(O)c1ccccc1. The number of aliphatic hydroxyl groups is 2. The van der Waals surface area contributed by atoms with E-state index in [9.17, 15) is 5.11 Å². The van der Waals surface area contributed by atoms with E-state index in [4.69, 9.17) is 5.11 Å². The lowest BCUT2D eigenvalue weighted by atomic mass is 9.97. The van der Waals surface area contributed by atoms with Gasteiger partial charge in [0.2, 0.25) is 0 Å². The van der Waals surface area contributed by atoms with Gasteiger partial charge in [0, 0.05) is 13.1 Å². The molecule has 90 valence electrons. The molecular formula is C13H21NO2. The Morgan fingerprint density at radius 3 is 2.44 bits per heavy atom. The van der Waals surface area contributed by atoms with Crippen molar-refractivity contribution in [1.29, 1.82) is 0 Å². The van der Waals surface area contributed by atoms with Crippen molar-refractivity contribution in [1.82, 2.24) is 4.90 Å². The van der Waals surface area contributed by atoms with Crippen molar-refractivity contribution >= 4 is 0 Å². The average Bonchev–Trinajstić information content (AvgIpc) is 2.29. The fourth-order valence-electron chi connectivity index (χ4n) is 1.83. The first kappa shape index (κ1) is 13.2. The van der Waals surface area contributed by atoms with Crippen LogP contribution in [0.1, 0.15) is 18.6 Å². The lowest BCUT2D eigenvalue weighted by Crippen LogP contribution is -2.29. The van der Waals surface area contributed by atoms with Crippen LogP contribution < -0.4 is 0 Å². The van der Waals surface area contributed by atoms with Crippen LogP contribution in [-0.4, -0.2) is 41.9 Å². The summed E-state index contributed by atoms with van der Waals surface area (Å²) in [5.74, 6) is 0.152. The summed E-state index contributed by atoms with van der Waals surface area (Å²) in [5.41, 5.74) is 0.951. The van der Waals surface area contributed by atoms with E-state index in [1.165, 1.54) is 0 Å². The maximum Gasteiger partial charge on any atom is 0.0827 e. The second-order valence-corrected chi connectivity index (χ2v) is 4.32. The van der Waals surface area contributed by atoms with Gasteiger partial charge in [-0.05, 0) is 18.5 Å². The Balaban J connectivity index is 2.51. The van der Waals surface area contributed by atoms with E-state index >= 15 is 0 Å². The zero-order chi connectivity index (χ0) is 12.0. The molecule has 16 heavy (non-hydrogen) atoms. The number of hydrogen-bond acceptors (Lipinski definition) is 3. The molecule has 0 aromatic heterocycles. The highest BCUT2D eigenvalue weighted by Crippen LogP contribution is 2.21. The number of rotatable bonds is 6. The second kappa shape index (κ2) is 6.63. The molecule has 0 amide bonds. The fraction of sp³-hybridized carbons (Fsp3) is 0.538. The minimum absolute atomic E-state index is 0.152. The van der Waals surface area contributed by atoms with Crippen molar-refractivity contribution in [2.75, 3.05) is 26.7 Å². The van der Waals surface area contributed by atoms with Crippen LogP contribution in [0.3, 0.4) is 0 Å². The summed E-state index contributed by atoms with van der Waals surface area (Å²) in [4.78, 5) is 2.02. The average molecular weight is 223 g/mol. The zero-order valence-electron chi connectivity index (χ0n) is 10.0. The standard InChI is InChI=1S/C13H21NO2/c1-11(10-14(2)8-9-15)13(16)12-6-4-3-5-7-12/h3-7,11,13,15-16H,8-10H2,1-2H3. The molecule has 0 saturated heterocycles. The quantitative estimate of drug-likeness (QED) is 0.763. The molecule has 1 aromatic rings. The van der Waals surface area contributed by atoms with E-state index in [-0.39, 0.29) is 12.5 Å². The highest BCUT2D eigenvalue weighted by Gasteiger charge is 2.17. The fourth-order valence-corrected chi connectivity index (χ4v) is 1.83. The molecule has 0 radical (unpaired) electrons. The monoisotopic (exact) mass is 223 g/mol. The molecule has 1 rings (SSSR count). The van der Waals surface area contributed by atoms with Gasteiger partial charge in [-0.2, -0.15) is 0 Å². The largest absolute Gasteiger partial charge is 0.395 e. The Hall–Kier alpha value is -0.900. The van der Waals surface area contributed by atoms with Crippen molar-refractivity contribution in [3.05, 3.63) is 35.9 Å². The van der Waals surface area contributed by atoms with Gasteiger partial charge in [-0.15, -0.1) is 0 Å². The molecule has 1 aromatic carbocycles. The molecular weight excluding hydrogens is 202 g/mol. The van der Waals surface area contributed by atoms with E-state index in [0.717, 1.165) is 12.1 Å². The maximum atomic E-state index is 10.1. The van der Waals surface area contributed by atoms with E-state index < -0.39 is 6.10 Å². The van der Waals surface area contributed by atoms with Crippen LogP contribution in [0, 0.1) is 5.92 Å². The molecule has 0 heterocycles. The third-order valence-electron chi connectivity index (χ3n) is 2.76. The van der Waals surface area contributed by atoms with Crippen LogP contribution in [0.5, 0.6) is 0 Å². The molecule has 2 N–H and O–H groups in total. The molecule has 2 unspecified atom stereocenters. The minimum Gasteiger partial charge on any atom is -0.395 e. The van der Waals surface area contributed by atoms with Gasteiger partial charge in [-0.1, -0.05) is 37.3 Å². The third kappa shape index (κ3) is 3.93. The molecule has 0 fully saturated rings. The first-order chi connectivity index (χ1) is 7.65. The Kier molecular flexibility index (Phi) is 5.46. The van der Waals surface area contributed by atoms with E-state index in [2.05, 4.69) is 0 Å². The number of hydrogen-bond donors (Lipinski definition) is 2. The molecule has 3 nitrogen and oxygen atoms in total. The number of aliphatic hydroxyl groups excluding tert-OH is 2. The summed E-state index contributed by atoms with van der Waals surface area (Å²) in [5, 5.41) is 18.9. The van der Waals surface area contributed by atoms with Gasteiger partial charge >= 0.3 is 0 Å². The lowest BCUT2D eigenvalue weighted by Gasteiger charge is -2.24. The zero-order valence-corrected chi connectivity index (χ0v) is 10.0. The van der Waals surface area contributed by atoms with Crippen molar-refractivity contribution < 1.29 is 10.2 Å². The van der Waals surface area contributed by atoms with Gasteiger partial charge in [0.25, 0.3) is 0 Å². The van der Waals surface area contributed by atoms with Crippen LogP contribution in [0.25, 0.3) is 0 Å². The Labute approximate surface area is 97.3 Å². The van der Waals surface area contributed by atoms with Crippen LogP contribution in [-0.2, 0) is 0 Å². The predicted molar refractivity (Wildman–Crippen MR) is 65.1 cm³/mol. The van der Waals surface area contributed by atoms with Gasteiger partial charge in [-0.25, -0.2) is 0 Å². The summed E-state index contributed by atoms with van der Waals surface area (Å²) < 4.78 is 0. The molecule has 0 aliphatic heterocycles. The molecule has 0 saturated carbocycles. The van der Waals surface area contributed by atoms with Crippen molar-refractivity contribution in [2.24, 2.45) is 5.92 Å². The van der Waals surface area contributed by atoms with E-state index in [1.807, 2.05) is 49.2 Å². The van der Waals surface area contributed by atoms with Crippen molar-refractivity contribution in [2.45, 2.75) is 13.0 Å². The second-order valence-electron chi connectivity index (χ2n) is 4.32. The van der Waals surface area contributed by atoms with Crippen molar-refractivity contribution in [3.63, 3.8) is 0 Å². The van der Waals surface area contributed by atoms with Crippen LogP contribution in [0.4, 0.5) is 0 Å². The smallest absolute Gasteiger partial charge is 0.0827 e. The molecule has 0 spiro atoms. The Morgan fingerprint density at radius 2 is 1.88 bits per heavy atom. The normalized spacial score (nSPS) is 15.1. The van der Waals surface area contributed by atoms with Crippen LogP contribution in [0.2, 0.25) is 0 Å². The highest BCUT2D eigenvalue weighted by molar-refractivity contribution is 5.17. The summed E-state index contributed by atoms with van der Waals surface area (Å²) in [7, 11) is 1.95. The van der Waals surface area contributed by atoms with Gasteiger partial charge in [0.15, 0.2) is 0 Å².